The molecule has 0 heterocycles. The van der Waals surface area contributed by atoms with Gasteiger partial charge in [0.1, 0.15) is 20.2 Å². The van der Waals surface area contributed by atoms with Gasteiger partial charge in [0, 0.05) is 0 Å². The van der Waals surface area contributed by atoms with E-state index in [2.05, 4.69) is 27.7 Å². The number of benzene rings is 4. The van der Waals surface area contributed by atoms with Crippen molar-refractivity contribution in [2.45, 2.75) is 140 Å². The normalized spacial score (nSPS) is 11.7. The average Bonchev–Trinajstić information content (AvgIpc) is 3.04. The Bertz CT molecular complexity index is 1690. The van der Waals surface area contributed by atoms with Crippen LogP contribution in [0.15, 0.2) is 70.5 Å². The third-order valence-corrected chi connectivity index (χ3v) is 10.6. The molecule has 264 valence electrons. The molecule has 9 heteroatoms. The number of aryl methyl sites for hydroxylation is 4. The van der Waals surface area contributed by atoms with Gasteiger partial charge in [0.2, 0.25) is 0 Å². The third-order valence-electron chi connectivity index (χ3n) is 8.89. The summed E-state index contributed by atoms with van der Waals surface area (Å²) in [6.07, 6.45) is 17.0. The second-order valence-corrected chi connectivity index (χ2v) is 15.7. The fourth-order valence-corrected chi connectivity index (χ4v) is 7.72. The largest absolute Gasteiger partial charge is 2.00 e. The van der Waals surface area contributed by atoms with Crippen LogP contribution in [0.5, 0.6) is 0 Å². The molecule has 0 aliphatic carbocycles. The Labute approximate surface area is 326 Å². The van der Waals surface area contributed by atoms with Crippen molar-refractivity contribution in [1.82, 2.24) is 0 Å². The molecule has 49 heavy (non-hydrogen) atoms. The number of hydrogen-bond acceptors (Lipinski definition) is 6. The van der Waals surface area contributed by atoms with Crippen molar-refractivity contribution < 1.29 is 25.9 Å². The van der Waals surface area contributed by atoms with E-state index >= 15 is 0 Å². The third kappa shape index (κ3) is 14.2. The molecule has 0 atom stereocenters. The molecule has 4 aromatic carbocycles. The first kappa shape index (κ1) is 43.6. The van der Waals surface area contributed by atoms with E-state index in [0.29, 0.717) is 10.8 Å². The number of rotatable bonds is 18. The molecule has 0 saturated carbocycles. The van der Waals surface area contributed by atoms with Gasteiger partial charge in [-0.1, -0.05) is 128 Å². The Kier molecular flexibility index (Phi) is 19.4. The predicted molar refractivity (Wildman–Crippen MR) is 202 cm³/mol. The zero-order valence-corrected chi connectivity index (χ0v) is 33.9. The maximum Gasteiger partial charge on any atom is 2.00 e. The molecule has 0 aliphatic rings. The molecule has 0 spiro atoms. The SMILES string of the molecule is CCCCCc1ccc2c(S(=O)(=O)[O-])cc(CCCCC)cc2c1.CCCCCc1ccc2c(S(=O)(=O)[O-])cc(CCCCC)cc2c1.[Ca+2]. The van der Waals surface area contributed by atoms with E-state index in [1.165, 1.54) is 36.8 Å². The summed E-state index contributed by atoms with van der Waals surface area (Å²) in [6, 6.07) is 18.8. The van der Waals surface area contributed by atoms with Crippen LogP contribution in [0.2, 0.25) is 0 Å². The van der Waals surface area contributed by atoms with Crippen LogP contribution in [-0.2, 0) is 45.9 Å². The molecule has 0 saturated heterocycles. The summed E-state index contributed by atoms with van der Waals surface area (Å²) in [5, 5.41) is 2.83. The monoisotopic (exact) mass is 734 g/mol. The van der Waals surface area contributed by atoms with Gasteiger partial charge in [-0.2, -0.15) is 0 Å². The van der Waals surface area contributed by atoms with Gasteiger partial charge in [-0.05, 0) is 107 Å². The van der Waals surface area contributed by atoms with Crippen LogP contribution in [0.3, 0.4) is 0 Å². The minimum Gasteiger partial charge on any atom is -0.744 e. The standard InChI is InChI=1S/2C20H28O3S.Ca/c2*1-3-5-7-9-16-11-12-19-18(13-16)14-17(10-8-6-4-2)15-20(19)24(21,22)23;/h2*11-15H,3-10H2,1-2H3,(H,21,22,23);/q;;+2/p-2. The van der Waals surface area contributed by atoms with Gasteiger partial charge in [-0.25, -0.2) is 16.8 Å². The van der Waals surface area contributed by atoms with Crippen LogP contribution in [0, 0.1) is 0 Å². The molecule has 0 N–H and O–H groups in total. The summed E-state index contributed by atoms with van der Waals surface area (Å²) in [6.45, 7) is 8.62. The Morgan fingerprint density at radius 2 is 0.714 bits per heavy atom. The second kappa shape index (κ2) is 21.8. The maximum atomic E-state index is 11.7. The Balaban J connectivity index is 0.000000333. The molecule has 6 nitrogen and oxygen atoms in total. The van der Waals surface area contributed by atoms with Crippen molar-refractivity contribution in [3.05, 3.63) is 82.9 Å². The molecule has 4 rings (SSSR count). The Morgan fingerprint density at radius 1 is 0.429 bits per heavy atom. The van der Waals surface area contributed by atoms with Crippen molar-refractivity contribution in [1.29, 1.82) is 0 Å². The minimum absolute atomic E-state index is 0. The van der Waals surface area contributed by atoms with Crippen LogP contribution in [0.4, 0.5) is 0 Å². The van der Waals surface area contributed by atoms with Crippen molar-refractivity contribution in [2.24, 2.45) is 0 Å². The zero-order valence-electron chi connectivity index (χ0n) is 30.1. The van der Waals surface area contributed by atoms with Crippen LogP contribution >= 0.6 is 0 Å². The summed E-state index contributed by atoms with van der Waals surface area (Å²) < 4.78 is 70.0. The summed E-state index contributed by atoms with van der Waals surface area (Å²) in [7, 11) is -8.93. The number of unbranched alkanes of at least 4 members (excludes halogenated alkanes) is 8. The van der Waals surface area contributed by atoms with Gasteiger partial charge in [0.25, 0.3) is 0 Å². The predicted octanol–water partition coefficient (Wildman–Crippen LogP) is 10.0. The first-order valence-electron chi connectivity index (χ1n) is 17.9. The van der Waals surface area contributed by atoms with Crippen molar-refractivity contribution in [2.75, 3.05) is 0 Å². The van der Waals surface area contributed by atoms with E-state index in [1.54, 1.807) is 24.3 Å². The van der Waals surface area contributed by atoms with Crippen LogP contribution in [0.25, 0.3) is 21.5 Å². The molecule has 0 aromatic heterocycles. The molecule has 0 unspecified atom stereocenters. The average molecular weight is 735 g/mol. The first-order chi connectivity index (χ1) is 22.9. The summed E-state index contributed by atoms with van der Waals surface area (Å²) >= 11 is 0. The van der Waals surface area contributed by atoms with Gasteiger partial charge < -0.3 is 9.11 Å². The topological polar surface area (TPSA) is 114 Å². The number of fused-ring (bicyclic) bond motifs is 2. The van der Waals surface area contributed by atoms with Gasteiger partial charge in [0.15, 0.2) is 0 Å². The van der Waals surface area contributed by atoms with Crippen LogP contribution in [0.1, 0.15) is 127 Å². The molecule has 0 fully saturated rings. The van der Waals surface area contributed by atoms with E-state index in [0.717, 1.165) is 98.9 Å². The molecule has 0 radical (unpaired) electrons. The van der Waals surface area contributed by atoms with Gasteiger partial charge in [-0.3, -0.25) is 0 Å². The zero-order chi connectivity index (χ0) is 35.2. The fraction of sp³-hybridized carbons (Fsp3) is 0.500. The van der Waals surface area contributed by atoms with Crippen molar-refractivity contribution >= 4 is 79.5 Å². The Morgan fingerprint density at radius 3 is 1.00 bits per heavy atom. The van der Waals surface area contributed by atoms with E-state index in [9.17, 15) is 25.9 Å². The van der Waals surface area contributed by atoms with Gasteiger partial charge in [0.05, 0.1) is 9.79 Å². The fourth-order valence-electron chi connectivity index (χ4n) is 6.22. The summed E-state index contributed by atoms with van der Waals surface area (Å²) in [5.41, 5.74) is 4.29. The quantitative estimate of drug-likeness (QED) is 0.0571. The van der Waals surface area contributed by atoms with E-state index < -0.39 is 20.2 Å². The number of hydrogen-bond donors (Lipinski definition) is 0. The minimum atomic E-state index is -4.47. The van der Waals surface area contributed by atoms with Gasteiger partial charge >= 0.3 is 37.7 Å². The summed E-state index contributed by atoms with van der Waals surface area (Å²) in [4.78, 5) is -0.154. The van der Waals surface area contributed by atoms with Crippen molar-refractivity contribution in [3.8, 4) is 0 Å². The molecule has 4 aromatic rings. The van der Waals surface area contributed by atoms with Crippen LogP contribution < -0.4 is 0 Å². The molecule has 0 bridgehead atoms. The second-order valence-electron chi connectivity index (χ2n) is 13.0. The maximum absolute atomic E-state index is 11.7. The van der Waals surface area contributed by atoms with Crippen LogP contribution in [-0.4, -0.2) is 63.7 Å². The smallest absolute Gasteiger partial charge is 0.744 e. The van der Waals surface area contributed by atoms with E-state index in [-0.39, 0.29) is 47.5 Å². The molecular weight excluding hydrogens is 681 g/mol. The Hall–Kier alpha value is -1.52. The van der Waals surface area contributed by atoms with E-state index in [4.69, 9.17) is 0 Å². The van der Waals surface area contributed by atoms with E-state index in [1.807, 2.05) is 36.4 Å². The summed E-state index contributed by atoms with van der Waals surface area (Å²) in [5.74, 6) is 0. The first-order valence-corrected chi connectivity index (χ1v) is 20.8. The molecule has 0 aliphatic heterocycles. The molecular formula is C40H54CaO6S2. The van der Waals surface area contributed by atoms with Crippen molar-refractivity contribution in [3.63, 3.8) is 0 Å². The van der Waals surface area contributed by atoms with Gasteiger partial charge in [-0.15, -0.1) is 0 Å². The molecule has 0 amide bonds.